The van der Waals surface area contributed by atoms with Crippen LogP contribution >= 0.6 is 11.6 Å². The molecule has 164 valence electrons. The number of fused-ring (bicyclic) bond motifs is 1. The number of halogens is 1. The molecular weight excluding hydrogens is 426 g/mol. The van der Waals surface area contributed by atoms with Gasteiger partial charge in [0.2, 0.25) is 0 Å². The normalized spacial score (nSPS) is 11.1. The maximum absolute atomic E-state index is 12.6. The van der Waals surface area contributed by atoms with E-state index < -0.39 is 0 Å². The van der Waals surface area contributed by atoms with Crippen LogP contribution in [-0.2, 0) is 19.6 Å². The minimum Gasteiger partial charge on any atom is -0.493 e. The molecule has 7 heteroatoms. The van der Waals surface area contributed by atoms with Gasteiger partial charge in [-0.15, -0.1) is 0 Å². The summed E-state index contributed by atoms with van der Waals surface area (Å²) < 4.78 is 12.3. The summed E-state index contributed by atoms with van der Waals surface area (Å²) in [7, 11) is 3.25. The second-order valence-electron chi connectivity index (χ2n) is 7.48. The molecule has 2 heterocycles. The van der Waals surface area contributed by atoms with E-state index in [0.29, 0.717) is 47.5 Å². The predicted molar refractivity (Wildman–Crippen MR) is 125 cm³/mol. The maximum Gasteiger partial charge on any atom is 0.258 e. The maximum atomic E-state index is 12.6. The van der Waals surface area contributed by atoms with Crippen LogP contribution in [0.2, 0.25) is 5.02 Å². The molecule has 0 saturated heterocycles. The number of nitrogens with zero attached hydrogens (tertiary/aromatic N) is 3. The van der Waals surface area contributed by atoms with Crippen LogP contribution in [0.1, 0.15) is 16.8 Å². The molecule has 0 atom stereocenters. The van der Waals surface area contributed by atoms with Gasteiger partial charge in [0.25, 0.3) is 5.56 Å². The van der Waals surface area contributed by atoms with Crippen LogP contribution in [-0.4, -0.2) is 28.5 Å². The Labute approximate surface area is 191 Å². The minimum atomic E-state index is -0.154. The molecule has 0 aliphatic heterocycles. The Kier molecular flexibility index (Phi) is 6.73. The SMILES string of the molecule is COc1ccc(CN(Cc2ccccc2)Cc2cc(=O)n3cc(Cl)ccc3n2)cc1OC. The van der Waals surface area contributed by atoms with Crippen LogP contribution in [0.3, 0.4) is 0 Å². The van der Waals surface area contributed by atoms with Crippen LogP contribution in [0.4, 0.5) is 0 Å². The van der Waals surface area contributed by atoms with Crippen molar-refractivity contribution in [1.82, 2.24) is 14.3 Å². The molecule has 32 heavy (non-hydrogen) atoms. The van der Waals surface area contributed by atoms with Crippen molar-refractivity contribution in [3.05, 3.63) is 105 Å². The van der Waals surface area contributed by atoms with Gasteiger partial charge in [-0.1, -0.05) is 48.0 Å². The molecule has 4 rings (SSSR count). The number of aromatic nitrogens is 2. The Bertz CT molecular complexity index is 1270. The number of benzene rings is 2. The van der Waals surface area contributed by atoms with Crippen molar-refractivity contribution in [2.75, 3.05) is 14.2 Å². The van der Waals surface area contributed by atoms with Crippen molar-refractivity contribution in [3.63, 3.8) is 0 Å². The third-order valence-electron chi connectivity index (χ3n) is 5.17. The molecule has 0 saturated carbocycles. The standard InChI is InChI=1S/C25H24ClN3O3/c1-31-22-10-8-19(12-23(22)32-2)15-28(14-18-6-4-3-5-7-18)17-21-13-25(30)29-16-20(26)9-11-24(29)27-21/h3-13,16H,14-15,17H2,1-2H3. The van der Waals surface area contributed by atoms with Crippen molar-refractivity contribution < 1.29 is 9.47 Å². The van der Waals surface area contributed by atoms with Crippen molar-refractivity contribution >= 4 is 17.2 Å². The summed E-state index contributed by atoms with van der Waals surface area (Å²) in [4.78, 5) is 19.5. The van der Waals surface area contributed by atoms with E-state index in [1.54, 1.807) is 38.6 Å². The van der Waals surface area contributed by atoms with E-state index in [1.165, 1.54) is 9.96 Å². The fraction of sp³-hybridized carbons (Fsp3) is 0.200. The zero-order valence-electron chi connectivity index (χ0n) is 18.0. The van der Waals surface area contributed by atoms with Crippen LogP contribution < -0.4 is 15.0 Å². The molecule has 0 fully saturated rings. The van der Waals surface area contributed by atoms with Gasteiger partial charge in [0, 0.05) is 31.9 Å². The first-order valence-electron chi connectivity index (χ1n) is 10.2. The lowest BCUT2D eigenvalue weighted by Crippen LogP contribution is -2.25. The van der Waals surface area contributed by atoms with Gasteiger partial charge < -0.3 is 9.47 Å². The summed E-state index contributed by atoms with van der Waals surface area (Å²) >= 11 is 6.03. The summed E-state index contributed by atoms with van der Waals surface area (Å²) in [5.74, 6) is 1.37. The fourth-order valence-electron chi connectivity index (χ4n) is 3.68. The van der Waals surface area contributed by atoms with Gasteiger partial charge in [-0.25, -0.2) is 4.98 Å². The number of rotatable bonds is 8. The molecule has 0 radical (unpaired) electrons. The van der Waals surface area contributed by atoms with Gasteiger partial charge in [-0.05, 0) is 35.4 Å². The summed E-state index contributed by atoms with van der Waals surface area (Å²) in [5.41, 5.74) is 3.37. The Hall–Kier alpha value is -3.35. The zero-order valence-corrected chi connectivity index (χ0v) is 18.7. The Morgan fingerprint density at radius 3 is 2.38 bits per heavy atom. The first-order valence-corrected chi connectivity index (χ1v) is 10.6. The number of pyridine rings is 1. The van der Waals surface area contributed by atoms with Gasteiger partial charge in [0.15, 0.2) is 11.5 Å². The highest BCUT2D eigenvalue weighted by Crippen LogP contribution is 2.28. The number of hydrogen-bond acceptors (Lipinski definition) is 5. The van der Waals surface area contributed by atoms with E-state index >= 15 is 0 Å². The van der Waals surface area contributed by atoms with Gasteiger partial charge >= 0.3 is 0 Å². The van der Waals surface area contributed by atoms with Crippen molar-refractivity contribution in [2.45, 2.75) is 19.6 Å². The quantitative estimate of drug-likeness (QED) is 0.394. The smallest absolute Gasteiger partial charge is 0.258 e. The van der Waals surface area contributed by atoms with Crippen molar-refractivity contribution in [3.8, 4) is 11.5 Å². The molecule has 0 unspecified atom stereocenters. The van der Waals surface area contributed by atoms with Crippen LogP contribution in [0.5, 0.6) is 11.5 Å². The highest BCUT2D eigenvalue weighted by molar-refractivity contribution is 6.30. The van der Waals surface area contributed by atoms with E-state index in [9.17, 15) is 4.79 Å². The van der Waals surface area contributed by atoms with Gasteiger partial charge in [0.1, 0.15) is 5.65 Å². The largest absolute Gasteiger partial charge is 0.493 e. The fourth-order valence-corrected chi connectivity index (χ4v) is 3.84. The summed E-state index contributed by atoms with van der Waals surface area (Å²) in [6.45, 7) is 1.87. The highest BCUT2D eigenvalue weighted by atomic mass is 35.5. The van der Waals surface area contributed by atoms with Crippen molar-refractivity contribution in [2.24, 2.45) is 0 Å². The molecule has 0 spiro atoms. The molecule has 4 aromatic rings. The monoisotopic (exact) mass is 449 g/mol. The van der Waals surface area contributed by atoms with E-state index in [0.717, 1.165) is 5.56 Å². The summed E-state index contributed by atoms with van der Waals surface area (Å²) in [5, 5.41) is 0.494. The van der Waals surface area contributed by atoms with E-state index in [2.05, 4.69) is 22.0 Å². The van der Waals surface area contributed by atoms with E-state index in [4.69, 9.17) is 21.1 Å². The lowest BCUT2D eigenvalue weighted by molar-refractivity contribution is 0.244. The molecule has 0 bridgehead atoms. The van der Waals surface area contributed by atoms with Gasteiger partial charge in [-0.3, -0.25) is 14.1 Å². The second kappa shape index (κ2) is 9.85. The van der Waals surface area contributed by atoms with E-state index in [1.807, 2.05) is 36.4 Å². The lowest BCUT2D eigenvalue weighted by atomic mass is 10.1. The third kappa shape index (κ3) is 5.10. The molecule has 2 aromatic carbocycles. The first kappa shape index (κ1) is 21.9. The third-order valence-corrected chi connectivity index (χ3v) is 5.39. The molecule has 0 aliphatic carbocycles. The first-order chi connectivity index (χ1) is 15.6. The highest BCUT2D eigenvalue weighted by Gasteiger charge is 2.13. The summed E-state index contributed by atoms with van der Waals surface area (Å²) in [6, 6.07) is 21.2. The molecule has 0 amide bonds. The average Bonchev–Trinajstić information content (AvgIpc) is 2.80. The molecule has 2 aromatic heterocycles. The minimum absolute atomic E-state index is 0.154. The second-order valence-corrected chi connectivity index (χ2v) is 7.92. The van der Waals surface area contributed by atoms with Crippen molar-refractivity contribution in [1.29, 1.82) is 0 Å². The van der Waals surface area contributed by atoms with Crippen LogP contribution in [0.25, 0.3) is 5.65 Å². The predicted octanol–water partition coefficient (Wildman–Crippen LogP) is 4.57. The molecule has 0 aliphatic rings. The van der Waals surface area contributed by atoms with E-state index in [-0.39, 0.29) is 5.56 Å². The Balaban J connectivity index is 1.65. The number of methoxy groups -OCH3 is 2. The Morgan fingerprint density at radius 2 is 1.62 bits per heavy atom. The van der Waals surface area contributed by atoms with Gasteiger partial charge in [-0.2, -0.15) is 0 Å². The average molecular weight is 450 g/mol. The lowest BCUT2D eigenvalue weighted by Gasteiger charge is -2.23. The summed E-state index contributed by atoms with van der Waals surface area (Å²) in [6.07, 6.45) is 1.58. The number of ether oxygens (including phenoxy) is 2. The zero-order chi connectivity index (χ0) is 22.5. The van der Waals surface area contributed by atoms with Crippen LogP contribution in [0, 0.1) is 0 Å². The molecule has 6 nitrogen and oxygen atoms in total. The van der Waals surface area contributed by atoms with Crippen LogP contribution in [0.15, 0.2) is 77.7 Å². The Morgan fingerprint density at radius 1 is 0.875 bits per heavy atom. The number of hydrogen-bond donors (Lipinski definition) is 0. The van der Waals surface area contributed by atoms with Gasteiger partial charge in [0.05, 0.1) is 24.9 Å². The molecular formula is C25H24ClN3O3. The molecule has 0 N–H and O–H groups in total. The topological polar surface area (TPSA) is 56.1 Å².